The minimum Gasteiger partial charge on any atom is -0.413 e. The van der Waals surface area contributed by atoms with Gasteiger partial charge in [0.25, 0.3) is 0 Å². The fourth-order valence-electron chi connectivity index (χ4n) is 2.69. The van der Waals surface area contributed by atoms with E-state index in [0.717, 1.165) is 25.7 Å². The molecule has 1 fully saturated rings. The predicted molar refractivity (Wildman–Crippen MR) is 82.1 cm³/mol. The van der Waals surface area contributed by atoms with Crippen LogP contribution in [0.3, 0.4) is 0 Å². The van der Waals surface area contributed by atoms with Gasteiger partial charge >= 0.3 is 6.09 Å². The van der Waals surface area contributed by atoms with E-state index in [4.69, 9.17) is 16.3 Å². The van der Waals surface area contributed by atoms with Gasteiger partial charge in [0, 0.05) is 18.0 Å². The lowest BCUT2D eigenvalue weighted by molar-refractivity contribution is -0.172. The maximum atomic E-state index is 12.0. The smallest absolute Gasteiger partial charge is 0.410 e. The number of carbonyl (C=O) groups is 1. The van der Waals surface area contributed by atoms with Gasteiger partial charge in [-0.05, 0) is 18.9 Å². The molecule has 1 aromatic carbocycles. The summed E-state index contributed by atoms with van der Waals surface area (Å²) in [4.78, 5) is 12.0. The van der Waals surface area contributed by atoms with Crippen LogP contribution in [0.15, 0.2) is 24.3 Å². The summed E-state index contributed by atoms with van der Waals surface area (Å²) in [5.41, 5.74) is 0.410. The van der Waals surface area contributed by atoms with Crippen molar-refractivity contribution in [3.8, 4) is 0 Å². The molecule has 0 heterocycles. The Hall–Kier alpha value is -1.26. The first-order valence-electron chi connectivity index (χ1n) is 7.52. The van der Waals surface area contributed by atoms with Gasteiger partial charge in [0.15, 0.2) is 0 Å². The molecule has 2 rings (SSSR count). The molecule has 0 radical (unpaired) electrons. The zero-order chi connectivity index (χ0) is 15.3. The van der Waals surface area contributed by atoms with E-state index in [2.05, 4.69) is 5.32 Å². The van der Waals surface area contributed by atoms with Crippen LogP contribution >= 0.6 is 11.6 Å². The first-order valence-corrected chi connectivity index (χ1v) is 7.90. The number of hydrogen-bond donors (Lipinski definition) is 2. The van der Waals surface area contributed by atoms with Gasteiger partial charge in [-0.25, -0.2) is 4.79 Å². The van der Waals surface area contributed by atoms with Crippen molar-refractivity contribution in [2.24, 2.45) is 0 Å². The SMILES string of the molecule is CCC(O)(OC(=O)NC1CCCCC1)c1ccccc1Cl. The van der Waals surface area contributed by atoms with Crippen LogP contribution in [0.1, 0.15) is 51.0 Å². The maximum absolute atomic E-state index is 12.0. The topological polar surface area (TPSA) is 58.6 Å². The lowest BCUT2D eigenvalue weighted by atomic mass is 9.96. The number of hydrogen-bond acceptors (Lipinski definition) is 3. The summed E-state index contributed by atoms with van der Waals surface area (Å²) in [6.45, 7) is 1.75. The molecule has 0 saturated heterocycles. The number of benzene rings is 1. The van der Waals surface area contributed by atoms with Crippen LogP contribution in [-0.2, 0) is 10.5 Å². The Balaban J connectivity index is 2.03. The van der Waals surface area contributed by atoms with Crippen LogP contribution in [0.4, 0.5) is 4.79 Å². The molecule has 0 spiro atoms. The highest BCUT2D eigenvalue weighted by atomic mass is 35.5. The van der Waals surface area contributed by atoms with E-state index in [1.165, 1.54) is 6.42 Å². The Labute approximate surface area is 130 Å². The average molecular weight is 312 g/mol. The van der Waals surface area contributed by atoms with Crippen molar-refractivity contribution in [2.75, 3.05) is 0 Å². The third kappa shape index (κ3) is 4.11. The second-order valence-corrected chi connectivity index (χ2v) is 5.89. The monoisotopic (exact) mass is 311 g/mol. The van der Waals surface area contributed by atoms with Crippen molar-refractivity contribution in [3.05, 3.63) is 34.9 Å². The van der Waals surface area contributed by atoms with E-state index in [9.17, 15) is 9.90 Å². The number of ether oxygens (including phenoxy) is 1. The first kappa shape index (κ1) is 16.1. The van der Waals surface area contributed by atoms with Crippen molar-refractivity contribution in [3.63, 3.8) is 0 Å². The van der Waals surface area contributed by atoms with Crippen LogP contribution in [0.2, 0.25) is 5.02 Å². The molecular weight excluding hydrogens is 290 g/mol. The second kappa shape index (κ2) is 7.14. The minimum atomic E-state index is -1.70. The van der Waals surface area contributed by atoms with E-state index in [1.807, 2.05) is 0 Å². The fraction of sp³-hybridized carbons (Fsp3) is 0.562. The number of aliphatic hydroxyl groups is 1. The summed E-state index contributed by atoms with van der Waals surface area (Å²) >= 11 is 6.09. The second-order valence-electron chi connectivity index (χ2n) is 5.49. The van der Waals surface area contributed by atoms with Gasteiger partial charge in [-0.1, -0.05) is 56.0 Å². The summed E-state index contributed by atoms with van der Waals surface area (Å²) in [5, 5.41) is 13.8. The van der Waals surface area contributed by atoms with Crippen LogP contribution in [0, 0.1) is 0 Å². The Morgan fingerprint density at radius 3 is 2.67 bits per heavy atom. The van der Waals surface area contributed by atoms with Crippen LogP contribution in [-0.4, -0.2) is 17.2 Å². The molecular formula is C16H22ClNO3. The molecule has 5 heteroatoms. The number of halogens is 1. The van der Waals surface area contributed by atoms with E-state index < -0.39 is 11.9 Å². The van der Waals surface area contributed by atoms with Crippen molar-refractivity contribution in [1.29, 1.82) is 0 Å². The molecule has 1 aliphatic carbocycles. The summed E-state index contributed by atoms with van der Waals surface area (Å²) in [5.74, 6) is -1.70. The molecule has 0 aromatic heterocycles. The number of rotatable bonds is 4. The minimum absolute atomic E-state index is 0.138. The zero-order valence-corrected chi connectivity index (χ0v) is 13.0. The highest BCUT2D eigenvalue weighted by Crippen LogP contribution is 2.32. The van der Waals surface area contributed by atoms with E-state index in [0.29, 0.717) is 10.6 Å². The summed E-state index contributed by atoms with van der Waals surface area (Å²) in [6, 6.07) is 6.99. The molecule has 1 aromatic rings. The lowest BCUT2D eigenvalue weighted by Gasteiger charge is -2.30. The van der Waals surface area contributed by atoms with Gasteiger partial charge in [-0.3, -0.25) is 0 Å². The normalized spacial score (nSPS) is 18.8. The average Bonchev–Trinajstić information content (AvgIpc) is 2.48. The molecule has 116 valence electrons. The van der Waals surface area contributed by atoms with Gasteiger partial charge in [-0.15, -0.1) is 0 Å². The molecule has 2 N–H and O–H groups in total. The standard InChI is InChI=1S/C16H22ClNO3/c1-2-16(20,13-10-6-7-11-14(13)17)21-15(19)18-12-8-4-3-5-9-12/h6-7,10-12,20H,2-5,8-9H2,1H3,(H,18,19). The van der Waals surface area contributed by atoms with Crippen molar-refractivity contribution in [1.82, 2.24) is 5.32 Å². The molecule has 1 saturated carbocycles. The highest BCUT2D eigenvalue weighted by Gasteiger charge is 2.34. The summed E-state index contributed by atoms with van der Waals surface area (Å²) in [6.07, 6.45) is 5.02. The van der Waals surface area contributed by atoms with Gasteiger partial charge in [0.2, 0.25) is 5.79 Å². The van der Waals surface area contributed by atoms with Gasteiger partial charge < -0.3 is 15.2 Å². The van der Waals surface area contributed by atoms with Gasteiger partial charge in [-0.2, -0.15) is 0 Å². The Morgan fingerprint density at radius 1 is 1.38 bits per heavy atom. The first-order chi connectivity index (χ1) is 10.0. The van der Waals surface area contributed by atoms with Crippen LogP contribution in [0.25, 0.3) is 0 Å². The Kier molecular flexibility index (Phi) is 5.48. The fourth-order valence-corrected chi connectivity index (χ4v) is 2.98. The molecule has 1 amide bonds. The molecule has 0 aliphatic heterocycles. The lowest BCUT2D eigenvalue weighted by Crippen LogP contribution is -2.42. The van der Waals surface area contributed by atoms with Gasteiger partial charge in [0.05, 0.1) is 5.02 Å². The number of carbonyl (C=O) groups excluding carboxylic acids is 1. The number of nitrogens with one attached hydrogen (secondary N) is 1. The summed E-state index contributed by atoms with van der Waals surface area (Å²) < 4.78 is 5.28. The van der Waals surface area contributed by atoms with Gasteiger partial charge in [0.1, 0.15) is 0 Å². The Morgan fingerprint density at radius 2 is 2.05 bits per heavy atom. The molecule has 1 atom stereocenters. The van der Waals surface area contributed by atoms with Crippen molar-refractivity contribution < 1.29 is 14.6 Å². The van der Waals surface area contributed by atoms with E-state index in [-0.39, 0.29) is 12.5 Å². The zero-order valence-electron chi connectivity index (χ0n) is 12.3. The molecule has 1 unspecified atom stereocenters. The van der Waals surface area contributed by atoms with Crippen molar-refractivity contribution in [2.45, 2.75) is 57.3 Å². The quantitative estimate of drug-likeness (QED) is 0.828. The maximum Gasteiger partial charge on any atom is 0.410 e. The van der Waals surface area contributed by atoms with Crippen molar-refractivity contribution >= 4 is 17.7 Å². The molecule has 1 aliphatic rings. The Bertz CT molecular complexity index is 488. The largest absolute Gasteiger partial charge is 0.413 e. The molecule has 4 nitrogen and oxygen atoms in total. The summed E-state index contributed by atoms with van der Waals surface area (Å²) in [7, 11) is 0. The number of amides is 1. The third-order valence-electron chi connectivity index (χ3n) is 3.96. The highest BCUT2D eigenvalue weighted by molar-refractivity contribution is 6.31. The third-order valence-corrected chi connectivity index (χ3v) is 4.29. The predicted octanol–water partition coefficient (Wildman–Crippen LogP) is 3.95. The number of alkyl carbamates (subject to hydrolysis) is 1. The van der Waals surface area contributed by atoms with E-state index in [1.54, 1.807) is 31.2 Å². The molecule has 0 bridgehead atoms. The molecule has 21 heavy (non-hydrogen) atoms. The van der Waals surface area contributed by atoms with Crippen LogP contribution < -0.4 is 5.32 Å². The van der Waals surface area contributed by atoms with E-state index >= 15 is 0 Å². The van der Waals surface area contributed by atoms with Crippen LogP contribution in [0.5, 0.6) is 0 Å².